The van der Waals surface area contributed by atoms with Gasteiger partial charge in [-0.25, -0.2) is 0 Å². The monoisotopic (exact) mass is 500 g/mol. The zero-order valence-corrected chi connectivity index (χ0v) is 21.4. The number of ketones is 1. The maximum absolute atomic E-state index is 13.6. The summed E-state index contributed by atoms with van der Waals surface area (Å²) in [5, 5.41) is 4.01. The molecule has 1 aromatic heterocycles. The lowest BCUT2D eigenvalue weighted by molar-refractivity contribution is 0.0926. The molecular weight excluding hydrogens is 471 g/mol. The highest BCUT2D eigenvalue weighted by Crippen LogP contribution is 2.39. The number of primary amides is 1. The summed E-state index contributed by atoms with van der Waals surface area (Å²) in [5.74, 6) is 2.53. The van der Waals surface area contributed by atoms with Crippen LogP contribution in [0.25, 0.3) is 0 Å². The smallest absolute Gasteiger partial charge is 0.253 e. The first-order valence-electron chi connectivity index (χ1n) is 11.5. The molecule has 6 nitrogen and oxygen atoms in total. The van der Waals surface area contributed by atoms with Crippen molar-refractivity contribution in [3.05, 3.63) is 118 Å². The Bertz CT molecular complexity index is 1280. The molecule has 184 valence electrons. The average molecular weight is 501 g/mol. The van der Waals surface area contributed by atoms with E-state index in [0.717, 1.165) is 28.2 Å². The fourth-order valence-corrected chi connectivity index (χ4v) is 5.44. The van der Waals surface area contributed by atoms with Crippen LogP contribution in [-0.2, 0) is 5.54 Å². The van der Waals surface area contributed by atoms with Gasteiger partial charge in [-0.05, 0) is 59.7 Å². The quantitative estimate of drug-likeness (QED) is 0.237. The molecule has 2 atom stereocenters. The van der Waals surface area contributed by atoms with Crippen molar-refractivity contribution in [3.8, 4) is 11.5 Å². The zero-order valence-electron chi connectivity index (χ0n) is 20.4. The number of benzene rings is 3. The highest BCUT2D eigenvalue weighted by Gasteiger charge is 2.39. The van der Waals surface area contributed by atoms with Crippen molar-refractivity contribution in [1.82, 2.24) is 5.32 Å². The third kappa shape index (κ3) is 4.78. The minimum Gasteiger partial charge on any atom is -0.497 e. The Morgan fingerprint density at radius 3 is 1.78 bits per heavy atom. The van der Waals surface area contributed by atoms with E-state index in [0.29, 0.717) is 10.9 Å². The van der Waals surface area contributed by atoms with E-state index in [1.807, 2.05) is 91.6 Å². The van der Waals surface area contributed by atoms with Crippen LogP contribution < -0.4 is 20.5 Å². The molecule has 0 aliphatic carbocycles. The van der Waals surface area contributed by atoms with Crippen molar-refractivity contribution in [2.45, 2.75) is 18.5 Å². The van der Waals surface area contributed by atoms with Crippen LogP contribution in [0, 0.1) is 0 Å². The lowest BCUT2D eigenvalue weighted by Gasteiger charge is -2.39. The molecule has 0 bridgehead atoms. The van der Waals surface area contributed by atoms with Crippen LogP contribution in [0.2, 0.25) is 0 Å². The summed E-state index contributed by atoms with van der Waals surface area (Å²) in [6, 6.07) is 26.6. The largest absolute Gasteiger partial charge is 0.497 e. The number of ether oxygens (including phenoxy) is 2. The highest BCUT2D eigenvalue weighted by molar-refractivity contribution is 7.32. The van der Waals surface area contributed by atoms with E-state index in [9.17, 15) is 9.59 Å². The number of Topliss-reactive ketones (excluding diaryl/α,β-unsaturated/α-hetero) is 1. The van der Waals surface area contributed by atoms with Crippen LogP contribution in [0.3, 0.4) is 0 Å². The predicted molar refractivity (Wildman–Crippen MR) is 144 cm³/mol. The van der Waals surface area contributed by atoms with Gasteiger partial charge in [0.05, 0.1) is 31.1 Å². The van der Waals surface area contributed by atoms with Crippen molar-refractivity contribution in [3.63, 3.8) is 0 Å². The first-order valence-corrected chi connectivity index (χ1v) is 12.6. The van der Waals surface area contributed by atoms with E-state index < -0.39 is 17.5 Å². The van der Waals surface area contributed by atoms with Gasteiger partial charge in [0, 0.05) is 5.56 Å². The first kappa shape index (κ1) is 25.2. The van der Waals surface area contributed by atoms with Crippen LogP contribution in [0.15, 0.2) is 90.7 Å². The van der Waals surface area contributed by atoms with Crippen LogP contribution in [0.5, 0.6) is 11.5 Å². The standard InChI is InChI=1S/C29H29N2O4P/c1-19(26(32)25-17-18-36-27(25)28(30)33)31-29(20-7-5-4-6-8-20,21-9-13-23(34-2)14-10-21)22-11-15-24(35-3)16-12-22/h4-19,31,36H,1-3H3,(H2,30,33)/t19-/m0/s1. The summed E-state index contributed by atoms with van der Waals surface area (Å²) in [5.41, 5.74) is 7.83. The van der Waals surface area contributed by atoms with Crippen LogP contribution >= 0.6 is 8.19 Å². The second-order valence-corrected chi connectivity index (χ2v) is 9.56. The number of methoxy groups -OCH3 is 2. The summed E-state index contributed by atoms with van der Waals surface area (Å²) in [4.78, 5) is 25.6. The number of hydrogen-bond donors (Lipinski definition) is 2. The van der Waals surface area contributed by atoms with Crippen molar-refractivity contribution >= 4 is 19.9 Å². The maximum atomic E-state index is 13.6. The Hall–Kier alpha value is -3.86. The summed E-state index contributed by atoms with van der Waals surface area (Å²) in [6.45, 7) is 1.81. The predicted octanol–water partition coefficient (Wildman–Crippen LogP) is 4.99. The minimum atomic E-state index is -0.896. The molecule has 0 fully saturated rings. The van der Waals surface area contributed by atoms with Crippen LogP contribution in [0.1, 0.15) is 44.1 Å². The topological polar surface area (TPSA) is 90.6 Å². The number of amides is 1. The number of carbonyl (C=O) groups excluding carboxylic acids is 2. The summed E-state index contributed by atoms with van der Waals surface area (Å²) in [7, 11) is 3.35. The minimum absolute atomic E-state index is 0.0974. The maximum Gasteiger partial charge on any atom is 0.253 e. The number of hydrogen-bond acceptors (Lipinski definition) is 5. The number of carbonyl (C=O) groups is 2. The summed E-state index contributed by atoms with van der Waals surface area (Å²) in [6.07, 6.45) is 0. The molecule has 1 heterocycles. The van der Waals surface area contributed by atoms with E-state index in [4.69, 9.17) is 15.2 Å². The fraction of sp³-hybridized carbons (Fsp3) is 0.172. The molecule has 0 radical (unpaired) electrons. The summed E-state index contributed by atoms with van der Waals surface area (Å²) >= 11 is 0. The van der Waals surface area contributed by atoms with Gasteiger partial charge >= 0.3 is 0 Å². The molecule has 0 aliphatic rings. The second-order valence-electron chi connectivity index (χ2n) is 8.43. The highest BCUT2D eigenvalue weighted by atomic mass is 31.0. The van der Waals surface area contributed by atoms with Crippen molar-refractivity contribution < 1.29 is 19.1 Å². The molecule has 0 aliphatic heterocycles. The Morgan fingerprint density at radius 2 is 1.31 bits per heavy atom. The van der Waals surface area contributed by atoms with Gasteiger partial charge in [0.25, 0.3) is 5.91 Å². The first-order chi connectivity index (χ1) is 17.4. The molecule has 0 saturated carbocycles. The number of nitrogens with one attached hydrogen (secondary N) is 1. The molecule has 0 saturated heterocycles. The Labute approximate surface area is 212 Å². The third-order valence-electron chi connectivity index (χ3n) is 6.34. The van der Waals surface area contributed by atoms with Crippen molar-refractivity contribution in [2.75, 3.05) is 14.2 Å². The Balaban J connectivity index is 1.90. The number of nitrogens with two attached hydrogens (primary N) is 1. The SMILES string of the molecule is COc1ccc(C(N[C@@H](C)C(=O)c2cc[pH]c2C(N)=O)(c2ccccc2)c2ccc(OC)cc2)cc1. The molecule has 4 rings (SSSR count). The Kier molecular flexibility index (Phi) is 7.58. The molecule has 7 heteroatoms. The van der Waals surface area contributed by atoms with E-state index >= 15 is 0 Å². The van der Waals surface area contributed by atoms with Gasteiger partial charge in [0.1, 0.15) is 11.5 Å². The fourth-order valence-electron chi connectivity index (χ4n) is 4.52. The molecule has 4 aromatic rings. The van der Waals surface area contributed by atoms with Gasteiger partial charge in [-0.1, -0.05) is 54.6 Å². The number of rotatable bonds is 10. The molecule has 0 spiro atoms. The lowest BCUT2D eigenvalue weighted by atomic mass is 9.76. The summed E-state index contributed by atoms with van der Waals surface area (Å²) < 4.78 is 10.8. The van der Waals surface area contributed by atoms with Crippen molar-refractivity contribution in [1.29, 1.82) is 0 Å². The van der Waals surface area contributed by atoms with E-state index in [-0.39, 0.29) is 14.0 Å². The van der Waals surface area contributed by atoms with E-state index in [1.54, 1.807) is 20.3 Å². The van der Waals surface area contributed by atoms with Gasteiger partial charge < -0.3 is 15.2 Å². The molecule has 3 aromatic carbocycles. The normalized spacial score (nSPS) is 12.3. The molecule has 36 heavy (non-hydrogen) atoms. The molecular formula is C29H29N2O4P. The average Bonchev–Trinajstić information content (AvgIpc) is 3.42. The van der Waals surface area contributed by atoms with Gasteiger partial charge in [0.2, 0.25) is 0 Å². The van der Waals surface area contributed by atoms with Crippen molar-refractivity contribution in [2.24, 2.45) is 5.73 Å². The van der Waals surface area contributed by atoms with Gasteiger partial charge in [-0.2, -0.15) is 0 Å². The third-order valence-corrected chi connectivity index (χ3v) is 7.48. The molecule has 3 N–H and O–H groups in total. The molecule has 1 amide bonds. The van der Waals surface area contributed by atoms with E-state index in [1.165, 1.54) is 0 Å². The van der Waals surface area contributed by atoms with Crippen LogP contribution in [-0.4, -0.2) is 32.0 Å². The zero-order chi connectivity index (χ0) is 25.7. The second kappa shape index (κ2) is 10.8. The van der Waals surface area contributed by atoms with Gasteiger partial charge in [-0.3, -0.25) is 14.9 Å². The van der Waals surface area contributed by atoms with Gasteiger partial charge in [-0.15, -0.1) is 8.19 Å². The van der Waals surface area contributed by atoms with E-state index in [2.05, 4.69) is 5.32 Å². The Morgan fingerprint density at radius 1 is 0.806 bits per heavy atom. The van der Waals surface area contributed by atoms with Crippen LogP contribution in [0.4, 0.5) is 0 Å². The van der Waals surface area contributed by atoms with Gasteiger partial charge in [0.15, 0.2) is 5.78 Å². The lowest BCUT2D eigenvalue weighted by Crippen LogP contribution is -2.51. The molecule has 1 unspecified atom stereocenters.